The van der Waals surface area contributed by atoms with Crippen LogP contribution in [0, 0.1) is 0 Å². The van der Waals surface area contributed by atoms with Crippen LogP contribution < -0.4 is 11.1 Å². The molecule has 2 aliphatic rings. The summed E-state index contributed by atoms with van der Waals surface area (Å²) in [6.45, 7) is 3.22. The Morgan fingerprint density at radius 1 is 1.43 bits per heavy atom. The Hall–Kier alpha value is -0.800. The Balaban J connectivity index is 2.05. The zero-order valence-corrected chi connectivity index (χ0v) is 8.37. The second kappa shape index (κ2) is 2.84. The topological polar surface area (TPSA) is 43.0 Å². The van der Waals surface area contributed by atoms with Crippen LogP contribution >= 0.6 is 0 Å². The Labute approximate surface area is 84.3 Å². The van der Waals surface area contributed by atoms with E-state index < -0.39 is 0 Å². The van der Waals surface area contributed by atoms with Crippen LogP contribution in [0.2, 0.25) is 0 Å². The van der Waals surface area contributed by atoms with E-state index in [1.807, 2.05) is 0 Å². The van der Waals surface area contributed by atoms with Gasteiger partial charge in [0.05, 0.1) is 0 Å². The van der Waals surface area contributed by atoms with Gasteiger partial charge in [0.15, 0.2) is 0 Å². The first-order valence-electron chi connectivity index (χ1n) is 5.45. The molecule has 1 aromatic heterocycles. The molecule has 0 amide bonds. The van der Waals surface area contributed by atoms with Crippen LogP contribution in [0.3, 0.4) is 0 Å². The average molecular weight is 191 g/mol. The lowest BCUT2D eigenvalue weighted by Crippen LogP contribution is -2.49. The molecule has 3 heteroatoms. The molecule has 76 valence electrons. The summed E-state index contributed by atoms with van der Waals surface area (Å²) in [6, 6.07) is 4.71. The standard InChI is InChI=1S/C11H17N3/c12-9-8-14-7-1-2-10(14)11(9)3-5-13-6-4-11/h1-2,7,9,13H,3-6,8,12H2/t9-/m1/s1. The first-order chi connectivity index (χ1) is 6.83. The molecule has 0 saturated carbocycles. The van der Waals surface area contributed by atoms with Crippen molar-refractivity contribution in [3.8, 4) is 0 Å². The van der Waals surface area contributed by atoms with E-state index in [4.69, 9.17) is 5.73 Å². The third kappa shape index (κ3) is 0.940. The predicted octanol–water partition coefficient (Wildman–Crippen LogP) is 0.450. The molecule has 2 aliphatic heterocycles. The number of nitrogens with one attached hydrogen (secondary N) is 1. The predicted molar refractivity (Wildman–Crippen MR) is 56.2 cm³/mol. The molecule has 1 fully saturated rings. The van der Waals surface area contributed by atoms with E-state index in [2.05, 4.69) is 28.2 Å². The van der Waals surface area contributed by atoms with Gasteiger partial charge in [-0.2, -0.15) is 0 Å². The maximum atomic E-state index is 6.29. The van der Waals surface area contributed by atoms with Crippen molar-refractivity contribution in [3.05, 3.63) is 24.0 Å². The van der Waals surface area contributed by atoms with Crippen molar-refractivity contribution in [1.29, 1.82) is 0 Å². The fourth-order valence-electron chi connectivity index (χ4n) is 3.10. The van der Waals surface area contributed by atoms with E-state index in [1.165, 1.54) is 18.5 Å². The van der Waals surface area contributed by atoms with Crippen molar-refractivity contribution < 1.29 is 0 Å². The number of hydrogen-bond acceptors (Lipinski definition) is 2. The van der Waals surface area contributed by atoms with Crippen molar-refractivity contribution in [2.24, 2.45) is 5.73 Å². The molecule has 0 aliphatic carbocycles. The van der Waals surface area contributed by atoms with E-state index in [1.54, 1.807) is 0 Å². The van der Waals surface area contributed by atoms with Gasteiger partial charge in [-0.05, 0) is 38.1 Å². The molecule has 3 N–H and O–H groups in total. The lowest BCUT2D eigenvalue weighted by molar-refractivity contribution is 0.273. The Kier molecular flexibility index (Phi) is 1.73. The minimum atomic E-state index is 0.273. The minimum Gasteiger partial charge on any atom is -0.349 e. The van der Waals surface area contributed by atoms with Gasteiger partial charge >= 0.3 is 0 Å². The molecule has 0 unspecified atom stereocenters. The highest BCUT2D eigenvalue weighted by Gasteiger charge is 2.45. The van der Waals surface area contributed by atoms with Gasteiger partial charge in [0.25, 0.3) is 0 Å². The molecule has 0 aromatic carbocycles. The van der Waals surface area contributed by atoms with Gasteiger partial charge in [-0.25, -0.2) is 0 Å². The molecule has 0 bridgehead atoms. The summed E-state index contributed by atoms with van der Waals surface area (Å²) < 4.78 is 2.33. The second-order valence-electron chi connectivity index (χ2n) is 4.56. The normalized spacial score (nSPS) is 29.4. The monoisotopic (exact) mass is 191 g/mol. The maximum absolute atomic E-state index is 6.29. The summed E-state index contributed by atoms with van der Waals surface area (Å²) in [7, 11) is 0. The van der Waals surface area contributed by atoms with Crippen LogP contribution in [0.1, 0.15) is 18.5 Å². The first-order valence-corrected chi connectivity index (χ1v) is 5.45. The van der Waals surface area contributed by atoms with Crippen molar-refractivity contribution >= 4 is 0 Å². The molecule has 3 heterocycles. The first kappa shape index (κ1) is 8.50. The van der Waals surface area contributed by atoms with Gasteiger partial charge in [0.2, 0.25) is 0 Å². The largest absolute Gasteiger partial charge is 0.349 e. The van der Waals surface area contributed by atoms with Gasteiger partial charge in [-0.15, -0.1) is 0 Å². The smallest absolute Gasteiger partial charge is 0.0383 e. The lowest BCUT2D eigenvalue weighted by Gasteiger charge is -2.37. The highest BCUT2D eigenvalue weighted by Crippen LogP contribution is 2.41. The van der Waals surface area contributed by atoms with Crippen molar-refractivity contribution in [2.45, 2.75) is 30.8 Å². The molecule has 3 rings (SSSR count). The molecule has 1 saturated heterocycles. The zero-order chi connectivity index (χ0) is 9.60. The highest BCUT2D eigenvalue weighted by molar-refractivity contribution is 5.28. The van der Waals surface area contributed by atoms with Crippen molar-refractivity contribution in [3.63, 3.8) is 0 Å². The molecule has 14 heavy (non-hydrogen) atoms. The number of nitrogens with zero attached hydrogens (tertiary/aromatic N) is 1. The summed E-state index contributed by atoms with van der Waals surface area (Å²) in [5, 5.41) is 3.41. The summed E-state index contributed by atoms with van der Waals surface area (Å²) in [6.07, 6.45) is 4.54. The molecule has 0 radical (unpaired) electrons. The number of aromatic nitrogens is 1. The Morgan fingerprint density at radius 2 is 2.21 bits per heavy atom. The number of piperidine rings is 1. The van der Waals surface area contributed by atoms with Gasteiger partial charge in [0.1, 0.15) is 0 Å². The fraction of sp³-hybridized carbons (Fsp3) is 0.636. The number of hydrogen-bond donors (Lipinski definition) is 2. The van der Waals surface area contributed by atoms with Gasteiger partial charge in [-0.3, -0.25) is 0 Å². The summed E-state index contributed by atoms with van der Waals surface area (Å²) >= 11 is 0. The maximum Gasteiger partial charge on any atom is 0.0383 e. The summed E-state index contributed by atoms with van der Waals surface area (Å²) in [5.74, 6) is 0. The van der Waals surface area contributed by atoms with Gasteiger partial charge < -0.3 is 15.6 Å². The van der Waals surface area contributed by atoms with Crippen LogP contribution in [0.25, 0.3) is 0 Å². The van der Waals surface area contributed by atoms with Crippen LogP contribution in [0.15, 0.2) is 18.3 Å². The Bertz CT molecular complexity index is 336. The number of nitrogens with two attached hydrogens (primary N) is 1. The second-order valence-corrected chi connectivity index (χ2v) is 4.56. The van der Waals surface area contributed by atoms with E-state index in [0.29, 0.717) is 6.04 Å². The van der Waals surface area contributed by atoms with E-state index in [-0.39, 0.29) is 5.41 Å². The third-order valence-corrected chi connectivity index (χ3v) is 3.94. The molecule has 1 aromatic rings. The molecular weight excluding hydrogens is 174 g/mol. The van der Waals surface area contributed by atoms with Gasteiger partial charge in [-0.1, -0.05) is 0 Å². The number of rotatable bonds is 0. The van der Waals surface area contributed by atoms with Crippen LogP contribution in [0.4, 0.5) is 0 Å². The quantitative estimate of drug-likeness (QED) is 0.625. The molecule has 1 atom stereocenters. The van der Waals surface area contributed by atoms with Crippen molar-refractivity contribution in [1.82, 2.24) is 9.88 Å². The number of fused-ring (bicyclic) bond motifs is 2. The third-order valence-electron chi connectivity index (χ3n) is 3.94. The zero-order valence-electron chi connectivity index (χ0n) is 8.37. The van der Waals surface area contributed by atoms with Crippen LogP contribution in [-0.4, -0.2) is 23.7 Å². The molecular formula is C11H17N3. The minimum absolute atomic E-state index is 0.273. The van der Waals surface area contributed by atoms with E-state index in [9.17, 15) is 0 Å². The van der Waals surface area contributed by atoms with Gasteiger partial charge in [0, 0.05) is 29.9 Å². The summed E-state index contributed by atoms with van der Waals surface area (Å²) in [5.41, 5.74) is 8.03. The fourth-order valence-corrected chi connectivity index (χ4v) is 3.10. The lowest BCUT2D eigenvalue weighted by atomic mass is 9.72. The van der Waals surface area contributed by atoms with E-state index in [0.717, 1.165) is 19.6 Å². The average Bonchev–Trinajstić information content (AvgIpc) is 2.74. The SMILES string of the molecule is N[C@@H]1Cn2cccc2C12CCNCC2. The Morgan fingerprint density at radius 3 is 3.00 bits per heavy atom. The highest BCUT2D eigenvalue weighted by atomic mass is 15.1. The van der Waals surface area contributed by atoms with Crippen LogP contribution in [-0.2, 0) is 12.0 Å². The van der Waals surface area contributed by atoms with Crippen molar-refractivity contribution in [2.75, 3.05) is 13.1 Å². The van der Waals surface area contributed by atoms with Crippen LogP contribution in [0.5, 0.6) is 0 Å². The van der Waals surface area contributed by atoms with E-state index >= 15 is 0 Å². The molecule has 1 spiro atoms. The molecule has 3 nitrogen and oxygen atoms in total. The summed E-state index contributed by atoms with van der Waals surface area (Å²) in [4.78, 5) is 0.